The number of anilines is 1. The molecule has 0 aliphatic carbocycles. The van der Waals surface area contributed by atoms with E-state index < -0.39 is 5.25 Å². The van der Waals surface area contributed by atoms with E-state index in [-0.39, 0.29) is 17.8 Å². The van der Waals surface area contributed by atoms with Crippen LogP contribution < -0.4 is 10.7 Å². The number of fused-ring (bicyclic) bond motifs is 1. The average Bonchev–Trinajstić information content (AvgIpc) is 3.01. The lowest BCUT2D eigenvalue weighted by molar-refractivity contribution is -0.116. The highest BCUT2D eigenvalue weighted by Crippen LogP contribution is 2.37. The van der Waals surface area contributed by atoms with Crippen molar-refractivity contribution in [1.82, 2.24) is 14.9 Å². The number of nitrogens with one attached hydrogen (secondary N) is 2. The van der Waals surface area contributed by atoms with E-state index in [4.69, 9.17) is 0 Å². The Morgan fingerprint density at radius 1 is 1.11 bits per heavy atom. The quantitative estimate of drug-likeness (QED) is 0.704. The Kier molecular flexibility index (Phi) is 4.80. The SMILES string of the molecule is Cc1cc(C)cc(NC(=O)C2Sc3nnc(C)n3NC2c2ccc(F)cc2)c1. The Hall–Kier alpha value is -2.87. The molecule has 0 saturated carbocycles. The van der Waals surface area contributed by atoms with Gasteiger partial charge in [-0.25, -0.2) is 9.07 Å². The fraction of sp³-hybridized carbons (Fsp3) is 0.250. The average molecular weight is 397 g/mol. The molecule has 2 unspecified atom stereocenters. The lowest BCUT2D eigenvalue weighted by Gasteiger charge is -2.32. The number of thioether (sulfide) groups is 1. The molecule has 0 spiro atoms. The van der Waals surface area contributed by atoms with Gasteiger partial charge >= 0.3 is 0 Å². The number of nitrogens with zero attached hydrogens (tertiary/aromatic N) is 3. The number of halogens is 1. The third kappa shape index (κ3) is 3.60. The maximum absolute atomic E-state index is 13.4. The molecule has 8 heteroatoms. The fourth-order valence-corrected chi connectivity index (χ4v) is 4.47. The first-order chi connectivity index (χ1) is 13.4. The van der Waals surface area contributed by atoms with Gasteiger partial charge in [0, 0.05) is 5.69 Å². The van der Waals surface area contributed by atoms with Crippen molar-refractivity contribution in [1.29, 1.82) is 0 Å². The minimum Gasteiger partial charge on any atom is -0.325 e. The highest BCUT2D eigenvalue weighted by Gasteiger charge is 2.37. The molecule has 4 rings (SSSR count). The Labute approximate surface area is 166 Å². The monoisotopic (exact) mass is 397 g/mol. The van der Waals surface area contributed by atoms with Gasteiger partial charge in [-0.05, 0) is 61.7 Å². The van der Waals surface area contributed by atoms with Gasteiger partial charge in [-0.15, -0.1) is 10.2 Å². The highest BCUT2D eigenvalue weighted by atomic mass is 32.2. The van der Waals surface area contributed by atoms with Crippen LogP contribution in [0.5, 0.6) is 0 Å². The first-order valence-electron chi connectivity index (χ1n) is 8.90. The molecule has 2 atom stereocenters. The molecular formula is C20H20FN5OS. The van der Waals surface area contributed by atoms with Gasteiger partial charge in [-0.2, -0.15) is 0 Å². The van der Waals surface area contributed by atoms with Crippen molar-refractivity contribution in [3.8, 4) is 0 Å². The molecule has 1 amide bonds. The topological polar surface area (TPSA) is 71.8 Å². The molecule has 2 heterocycles. The third-order valence-corrected chi connectivity index (χ3v) is 5.79. The predicted molar refractivity (Wildman–Crippen MR) is 107 cm³/mol. The Morgan fingerprint density at radius 2 is 1.79 bits per heavy atom. The summed E-state index contributed by atoms with van der Waals surface area (Å²) in [5.74, 6) is 0.233. The molecule has 2 N–H and O–H groups in total. The van der Waals surface area contributed by atoms with Gasteiger partial charge in [0.25, 0.3) is 0 Å². The molecule has 0 bridgehead atoms. The number of amides is 1. The molecule has 1 aromatic heterocycles. The normalized spacial score (nSPS) is 18.3. The minimum atomic E-state index is -0.498. The first-order valence-corrected chi connectivity index (χ1v) is 9.78. The van der Waals surface area contributed by atoms with Crippen molar-refractivity contribution in [3.05, 3.63) is 70.8 Å². The van der Waals surface area contributed by atoms with Crippen LogP contribution in [0, 0.1) is 26.6 Å². The van der Waals surface area contributed by atoms with Crippen LogP contribution in [0.25, 0.3) is 0 Å². The van der Waals surface area contributed by atoms with Crippen LogP contribution in [0.4, 0.5) is 10.1 Å². The van der Waals surface area contributed by atoms with Crippen LogP contribution >= 0.6 is 11.8 Å². The van der Waals surface area contributed by atoms with E-state index in [1.165, 1.54) is 23.9 Å². The van der Waals surface area contributed by atoms with Gasteiger partial charge in [-0.3, -0.25) is 4.79 Å². The van der Waals surface area contributed by atoms with Crippen molar-refractivity contribution < 1.29 is 9.18 Å². The van der Waals surface area contributed by atoms with E-state index in [0.29, 0.717) is 11.0 Å². The van der Waals surface area contributed by atoms with Gasteiger partial charge in [0.05, 0.1) is 6.04 Å². The second-order valence-electron chi connectivity index (χ2n) is 6.93. The van der Waals surface area contributed by atoms with E-state index >= 15 is 0 Å². The molecular weight excluding hydrogens is 377 g/mol. The Bertz CT molecular complexity index is 1010. The van der Waals surface area contributed by atoms with Crippen LogP contribution in [0.3, 0.4) is 0 Å². The van der Waals surface area contributed by atoms with E-state index in [1.807, 2.05) is 32.9 Å². The molecule has 0 fully saturated rings. The lowest BCUT2D eigenvalue weighted by atomic mass is 10.0. The number of carbonyl (C=O) groups excluding carboxylic acids is 1. The smallest absolute Gasteiger partial charge is 0.240 e. The van der Waals surface area contributed by atoms with Crippen LogP contribution in [0.15, 0.2) is 47.6 Å². The molecule has 144 valence electrons. The maximum Gasteiger partial charge on any atom is 0.240 e. The first kappa shape index (κ1) is 18.5. The van der Waals surface area contributed by atoms with Gasteiger partial charge in [0.15, 0.2) is 0 Å². The van der Waals surface area contributed by atoms with Crippen molar-refractivity contribution in [2.24, 2.45) is 0 Å². The molecule has 28 heavy (non-hydrogen) atoms. The molecule has 1 aliphatic heterocycles. The second kappa shape index (κ2) is 7.27. The number of rotatable bonds is 3. The third-order valence-electron chi connectivity index (χ3n) is 4.58. The summed E-state index contributed by atoms with van der Waals surface area (Å²) in [5, 5.41) is 11.4. The van der Waals surface area contributed by atoms with Gasteiger partial charge in [-0.1, -0.05) is 30.0 Å². The van der Waals surface area contributed by atoms with Crippen LogP contribution in [0.1, 0.15) is 28.6 Å². The number of benzene rings is 2. The molecule has 0 radical (unpaired) electrons. The van der Waals surface area contributed by atoms with E-state index in [9.17, 15) is 9.18 Å². The summed E-state index contributed by atoms with van der Waals surface area (Å²) in [6.07, 6.45) is 0. The molecule has 6 nitrogen and oxygen atoms in total. The molecule has 1 aliphatic rings. The zero-order chi connectivity index (χ0) is 19.8. The molecule has 2 aromatic carbocycles. The number of hydrogen-bond donors (Lipinski definition) is 2. The summed E-state index contributed by atoms with van der Waals surface area (Å²) >= 11 is 1.34. The number of hydrogen-bond acceptors (Lipinski definition) is 5. The second-order valence-corrected chi connectivity index (χ2v) is 8.04. The summed E-state index contributed by atoms with van der Waals surface area (Å²) in [5.41, 5.74) is 7.03. The van der Waals surface area contributed by atoms with Crippen molar-refractivity contribution >= 4 is 23.4 Å². The van der Waals surface area contributed by atoms with E-state index in [0.717, 1.165) is 22.4 Å². The molecule has 3 aromatic rings. The largest absolute Gasteiger partial charge is 0.325 e. The van der Waals surface area contributed by atoms with Crippen molar-refractivity contribution in [3.63, 3.8) is 0 Å². The van der Waals surface area contributed by atoms with E-state index in [1.54, 1.807) is 16.8 Å². The van der Waals surface area contributed by atoms with Crippen molar-refractivity contribution in [2.45, 2.75) is 37.2 Å². The number of carbonyl (C=O) groups is 1. The van der Waals surface area contributed by atoms with Gasteiger partial charge in [0.1, 0.15) is 16.9 Å². The number of aromatic nitrogens is 3. The summed E-state index contributed by atoms with van der Waals surface area (Å²) in [4.78, 5) is 13.2. The summed E-state index contributed by atoms with van der Waals surface area (Å²) in [6.45, 7) is 5.82. The summed E-state index contributed by atoms with van der Waals surface area (Å²) in [6, 6.07) is 11.7. The zero-order valence-corrected chi connectivity index (χ0v) is 16.5. The van der Waals surface area contributed by atoms with E-state index in [2.05, 4.69) is 27.0 Å². The summed E-state index contributed by atoms with van der Waals surface area (Å²) < 4.78 is 15.2. The number of aryl methyl sites for hydroxylation is 3. The highest BCUT2D eigenvalue weighted by molar-refractivity contribution is 8.00. The standard InChI is InChI=1S/C20H20FN5OS/c1-11-8-12(2)10-16(9-11)22-19(27)18-17(14-4-6-15(21)7-5-14)25-26-13(3)23-24-20(26)28-18/h4-10,17-18,25H,1-3H3,(H,22,27). The van der Waals surface area contributed by atoms with Crippen LogP contribution in [-0.4, -0.2) is 26.0 Å². The van der Waals surface area contributed by atoms with Gasteiger partial charge in [0.2, 0.25) is 11.1 Å². The fourth-order valence-electron chi connectivity index (χ4n) is 3.34. The summed E-state index contributed by atoms with van der Waals surface area (Å²) in [7, 11) is 0. The Balaban J connectivity index is 1.67. The maximum atomic E-state index is 13.4. The Morgan fingerprint density at radius 3 is 2.46 bits per heavy atom. The minimum absolute atomic E-state index is 0.149. The van der Waals surface area contributed by atoms with Gasteiger partial charge < -0.3 is 10.7 Å². The van der Waals surface area contributed by atoms with Crippen LogP contribution in [-0.2, 0) is 4.79 Å². The van der Waals surface area contributed by atoms with Crippen molar-refractivity contribution in [2.75, 3.05) is 10.7 Å². The predicted octanol–water partition coefficient (Wildman–Crippen LogP) is 3.74. The molecule has 0 saturated heterocycles. The van der Waals surface area contributed by atoms with Crippen LogP contribution in [0.2, 0.25) is 0 Å². The lowest BCUT2D eigenvalue weighted by Crippen LogP contribution is -2.41. The zero-order valence-electron chi connectivity index (χ0n) is 15.7.